The number of nitrogens with zero attached hydrogens (tertiary/aromatic N) is 1. The molecule has 3 nitrogen and oxygen atoms in total. The number of benzene rings is 1. The lowest BCUT2D eigenvalue weighted by molar-refractivity contribution is -0.123. The van der Waals surface area contributed by atoms with E-state index in [9.17, 15) is 4.79 Å². The zero-order chi connectivity index (χ0) is 14.8. The van der Waals surface area contributed by atoms with E-state index in [0.717, 1.165) is 36.6 Å². The molecule has 114 valence electrons. The number of amides is 1. The highest BCUT2D eigenvalue weighted by Gasteiger charge is 2.44. The minimum atomic E-state index is 0.268. The minimum absolute atomic E-state index is 0.268. The Morgan fingerprint density at radius 2 is 2.00 bits per heavy atom. The number of hydrogen-bond donors (Lipinski definition) is 1. The van der Waals surface area contributed by atoms with Crippen LogP contribution in [-0.2, 0) is 11.3 Å². The third-order valence-corrected chi connectivity index (χ3v) is 5.25. The van der Waals surface area contributed by atoms with Crippen molar-refractivity contribution in [1.82, 2.24) is 0 Å². The molecule has 2 bridgehead atoms. The van der Waals surface area contributed by atoms with Crippen molar-refractivity contribution in [3.8, 4) is 0 Å². The molecule has 1 aromatic rings. The molecule has 0 aromatic heterocycles. The maximum atomic E-state index is 13.0. The summed E-state index contributed by atoms with van der Waals surface area (Å²) in [6, 6.07) is 8.16. The molecule has 0 spiro atoms. The molecule has 1 amide bonds. The second-order valence-corrected chi connectivity index (χ2v) is 6.64. The predicted octanol–water partition coefficient (Wildman–Crippen LogP) is 3.32. The second-order valence-electron chi connectivity index (χ2n) is 6.64. The number of anilines is 1. The van der Waals surface area contributed by atoms with Crippen LogP contribution in [0.15, 0.2) is 24.3 Å². The topological polar surface area (TPSA) is 46.3 Å². The first-order valence-electron chi connectivity index (χ1n) is 8.33. The van der Waals surface area contributed by atoms with Gasteiger partial charge in [0.1, 0.15) is 0 Å². The molecule has 3 rings (SSSR count). The standard InChI is InChI=1S/C18H26N2O/c1-2-9-20(16-7-4-13(12-19)5-8-16)18(21)17-11-14-3-6-15(17)10-14/h4-5,7-8,14-15,17H,2-3,6,9-12,19H2,1H3. The summed E-state index contributed by atoms with van der Waals surface area (Å²) in [6.45, 7) is 3.50. The zero-order valence-electron chi connectivity index (χ0n) is 12.9. The Balaban J connectivity index is 1.78. The molecule has 2 saturated carbocycles. The van der Waals surface area contributed by atoms with Gasteiger partial charge in [-0.05, 0) is 55.2 Å². The van der Waals surface area contributed by atoms with Gasteiger partial charge in [0.05, 0.1) is 0 Å². The Morgan fingerprint density at radius 3 is 2.52 bits per heavy atom. The van der Waals surface area contributed by atoms with E-state index < -0.39 is 0 Å². The highest BCUT2D eigenvalue weighted by Crippen LogP contribution is 2.49. The number of carbonyl (C=O) groups excluding carboxylic acids is 1. The summed E-state index contributed by atoms with van der Waals surface area (Å²) in [7, 11) is 0. The largest absolute Gasteiger partial charge is 0.326 e. The molecule has 3 heteroatoms. The summed E-state index contributed by atoms with van der Waals surface area (Å²) in [5, 5.41) is 0. The van der Waals surface area contributed by atoms with Gasteiger partial charge in [0, 0.05) is 24.7 Å². The van der Waals surface area contributed by atoms with Crippen LogP contribution in [0, 0.1) is 17.8 Å². The fourth-order valence-electron chi connectivity index (χ4n) is 4.15. The van der Waals surface area contributed by atoms with E-state index in [1.807, 2.05) is 29.2 Å². The highest BCUT2D eigenvalue weighted by molar-refractivity contribution is 5.95. The van der Waals surface area contributed by atoms with Crippen molar-refractivity contribution in [3.05, 3.63) is 29.8 Å². The highest BCUT2D eigenvalue weighted by atomic mass is 16.2. The lowest BCUT2D eigenvalue weighted by Gasteiger charge is -2.29. The summed E-state index contributed by atoms with van der Waals surface area (Å²) in [4.78, 5) is 15.0. The van der Waals surface area contributed by atoms with Crippen LogP contribution in [0.2, 0.25) is 0 Å². The van der Waals surface area contributed by atoms with Crippen molar-refractivity contribution in [3.63, 3.8) is 0 Å². The van der Waals surface area contributed by atoms with Crippen molar-refractivity contribution in [2.75, 3.05) is 11.4 Å². The quantitative estimate of drug-likeness (QED) is 0.902. The fourth-order valence-corrected chi connectivity index (χ4v) is 4.15. The summed E-state index contributed by atoms with van der Waals surface area (Å²) >= 11 is 0. The summed E-state index contributed by atoms with van der Waals surface area (Å²) < 4.78 is 0. The molecule has 2 aliphatic carbocycles. The minimum Gasteiger partial charge on any atom is -0.326 e. The lowest BCUT2D eigenvalue weighted by Crippen LogP contribution is -2.38. The fraction of sp³-hybridized carbons (Fsp3) is 0.611. The maximum absolute atomic E-state index is 13.0. The maximum Gasteiger partial charge on any atom is 0.230 e. The monoisotopic (exact) mass is 286 g/mol. The Kier molecular flexibility index (Phi) is 4.29. The molecule has 0 heterocycles. The number of carbonyl (C=O) groups is 1. The van der Waals surface area contributed by atoms with Gasteiger partial charge in [-0.3, -0.25) is 4.79 Å². The Morgan fingerprint density at radius 1 is 1.24 bits per heavy atom. The average Bonchev–Trinajstić information content (AvgIpc) is 3.15. The third-order valence-electron chi connectivity index (χ3n) is 5.25. The van der Waals surface area contributed by atoms with E-state index in [1.54, 1.807) is 0 Å². The van der Waals surface area contributed by atoms with Crippen molar-refractivity contribution >= 4 is 11.6 Å². The second kappa shape index (κ2) is 6.18. The van der Waals surface area contributed by atoms with Crippen LogP contribution in [0.3, 0.4) is 0 Å². The molecule has 0 saturated heterocycles. The normalized spacial score (nSPS) is 27.0. The van der Waals surface area contributed by atoms with Crippen LogP contribution in [0.25, 0.3) is 0 Å². The van der Waals surface area contributed by atoms with Gasteiger partial charge in [-0.1, -0.05) is 25.5 Å². The van der Waals surface area contributed by atoms with Crippen LogP contribution < -0.4 is 10.6 Å². The van der Waals surface area contributed by atoms with Crippen LogP contribution in [-0.4, -0.2) is 12.5 Å². The van der Waals surface area contributed by atoms with Crippen molar-refractivity contribution in [2.45, 2.75) is 45.6 Å². The summed E-state index contributed by atoms with van der Waals surface area (Å²) in [5.41, 5.74) is 7.80. The van der Waals surface area contributed by atoms with Crippen LogP contribution in [0.5, 0.6) is 0 Å². The van der Waals surface area contributed by atoms with E-state index in [-0.39, 0.29) is 5.92 Å². The number of hydrogen-bond acceptors (Lipinski definition) is 2. The van der Waals surface area contributed by atoms with Gasteiger partial charge in [0.2, 0.25) is 5.91 Å². The molecule has 3 atom stereocenters. The van der Waals surface area contributed by atoms with Gasteiger partial charge in [-0.25, -0.2) is 0 Å². The van der Waals surface area contributed by atoms with Crippen molar-refractivity contribution < 1.29 is 4.79 Å². The molecule has 2 fully saturated rings. The summed E-state index contributed by atoms with van der Waals surface area (Å²) in [6.07, 6.45) is 5.98. The third kappa shape index (κ3) is 2.84. The van der Waals surface area contributed by atoms with Gasteiger partial charge in [-0.2, -0.15) is 0 Å². The smallest absolute Gasteiger partial charge is 0.230 e. The first-order chi connectivity index (χ1) is 10.2. The molecule has 2 aliphatic rings. The van der Waals surface area contributed by atoms with E-state index in [1.165, 1.54) is 19.3 Å². The number of rotatable bonds is 5. The van der Waals surface area contributed by atoms with E-state index in [0.29, 0.717) is 18.4 Å². The Bertz CT molecular complexity index is 496. The summed E-state index contributed by atoms with van der Waals surface area (Å²) in [5.74, 6) is 2.08. The average molecular weight is 286 g/mol. The van der Waals surface area contributed by atoms with Crippen molar-refractivity contribution in [1.29, 1.82) is 0 Å². The van der Waals surface area contributed by atoms with E-state index in [2.05, 4.69) is 6.92 Å². The lowest BCUT2D eigenvalue weighted by atomic mass is 9.87. The Labute approximate surface area is 127 Å². The van der Waals surface area contributed by atoms with Crippen LogP contribution >= 0.6 is 0 Å². The van der Waals surface area contributed by atoms with Crippen LogP contribution in [0.4, 0.5) is 5.69 Å². The first kappa shape index (κ1) is 14.6. The van der Waals surface area contributed by atoms with Crippen molar-refractivity contribution in [2.24, 2.45) is 23.5 Å². The molecule has 1 aromatic carbocycles. The van der Waals surface area contributed by atoms with Gasteiger partial charge in [-0.15, -0.1) is 0 Å². The first-order valence-corrected chi connectivity index (χ1v) is 8.33. The van der Waals surface area contributed by atoms with Gasteiger partial charge < -0.3 is 10.6 Å². The Hall–Kier alpha value is -1.35. The zero-order valence-corrected chi connectivity index (χ0v) is 12.9. The molecule has 0 radical (unpaired) electrons. The van der Waals surface area contributed by atoms with Gasteiger partial charge >= 0.3 is 0 Å². The van der Waals surface area contributed by atoms with Crippen LogP contribution in [0.1, 0.15) is 44.6 Å². The molecule has 3 unspecified atom stereocenters. The van der Waals surface area contributed by atoms with Gasteiger partial charge in [0.25, 0.3) is 0 Å². The molecule has 0 aliphatic heterocycles. The SMILES string of the molecule is CCCN(C(=O)C1CC2CCC1C2)c1ccc(CN)cc1. The predicted molar refractivity (Wildman–Crippen MR) is 85.9 cm³/mol. The van der Waals surface area contributed by atoms with Gasteiger partial charge in [0.15, 0.2) is 0 Å². The van der Waals surface area contributed by atoms with E-state index >= 15 is 0 Å². The molecule has 21 heavy (non-hydrogen) atoms. The van der Waals surface area contributed by atoms with E-state index in [4.69, 9.17) is 5.73 Å². The molecular weight excluding hydrogens is 260 g/mol. The molecule has 2 N–H and O–H groups in total. The number of nitrogens with two attached hydrogens (primary N) is 1. The number of fused-ring (bicyclic) bond motifs is 2. The molecular formula is C18H26N2O.